The number of carbonyl (C=O) groups excluding carboxylic acids is 2. The number of hydrogen-bond donors (Lipinski definition) is 1. The lowest BCUT2D eigenvalue weighted by molar-refractivity contribution is -0.141. The summed E-state index contributed by atoms with van der Waals surface area (Å²) in [5.74, 6) is -0.0214. The average molecular weight is 530 g/mol. The molecule has 1 N–H and O–H groups in total. The highest BCUT2D eigenvalue weighted by Gasteiger charge is 2.29. The molecule has 2 amide bonds. The van der Waals surface area contributed by atoms with Crippen molar-refractivity contribution >= 4 is 27.5 Å². The van der Waals surface area contributed by atoms with E-state index in [9.17, 15) is 18.0 Å². The quantitative estimate of drug-likeness (QED) is 0.385. The van der Waals surface area contributed by atoms with Crippen LogP contribution in [0.3, 0.4) is 0 Å². The molecular weight excluding hydrogens is 486 g/mol. The van der Waals surface area contributed by atoms with Gasteiger partial charge in [0, 0.05) is 26.1 Å². The zero-order valence-electron chi connectivity index (χ0n) is 23.2. The van der Waals surface area contributed by atoms with Crippen LogP contribution < -0.4 is 9.62 Å². The molecule has 0 aliphatic carbocycles. The van der Waals surface area contributed by atoms with Crippen molar-refractivity contribution in [1.82, 2.24) is 10.2 Å². The lowest BCUT2D eigenvalue weighted by Crippen LogP contribution is -2.49. The van der Waals surface area contributed by atoms with Crippen molar-refractivity contribution in [3.8, 4) is 0 Å². The first-order chi connectivity index (χ1) is 17.5. The molecule has 204 valence electrons. The number of sulfonamides is 1. The average Bonchev–Trinajstić information content (AvgIpc) is 2.85. The summed E-state index contributed by atoms with van der Waals surface area (Å²) < 4.78 is 26.4. The lowest BCUT2D eigenvalue weighted by Gasteiger charge is -2.31. The third kappa shape index (κ3) is 9.18. The minimum Gasteiger partial charge on any atom is -0.354 e. The zero-order chi connectivity index (χ0) is 27.6. The van der Waals surface area contributed by atoms with Gasteiger partial charge >= 0.3 is 0 Å². The maximum Gasteiger partial charge on any atom is 0.242 e. The fourth-order valence-corrected chi connectivity index (χ4v) is 5.18. The van der Waals surface area contributed by atoms with Gasteiger partial charge in [0.05, 0.1) is 11.9 Å². The summed E-state index contributed by atoms with van der Waals surface area (Å²) in [6, 6.07) is 14.7. The third-order valence-electron chi connectivity index (χ3n) is 6.46. The van der Waals surface area contributed by atoms with Crippen molar-refractivity contribution < 1.29 is 18.0 Å². The van der Waals surface area contributed by atoms with Crippen LogP contribution in [0, 0.1) is 12.8 Å². The molecule has 2 rings (SSSR count). The monoisotopic (exact) mass is 529 g/mol. The molecular formula is C29H43N3O4S. The molecule has 2 aromatic carbocycles. The molecule has 0 aromatic heterocycles. The van der Waals surface area contributed by atoms with Crippen LogP contribution in [0.2, 0.25) is 0 Å². The third-order valence-corrected chi connectivity index (χ3v) is 7.65. The number of carbonyl (C=O) groups is 2. The minimum atomic E-state index is -3.52. The summed E-state index contributed by atoms with van der Waals surface area (Å²) in [7, 11) is -3.52. The second-order valence-electron chi connectivity index (χ2n) is 9.97. The highest BCUT2D eigenvalue weighted by Crippen LogP contribution is 2.21. The van der Waals surface area contributed by atoms with Crippen molar-refractivity contribution in [1.29, 1.82) is 0 Å². The fourth-order valence-electron chi connectivity index (χ4n) is 4.21. The topological polar surface area (TPSA) is 86.8 Å². The van der Waals surface area contributed by atoms with E-state index in [0.717, 1.165) is 23.1 Å². The predicted octanol–water partition coefficient (Wildman–Crippen LogP) is 4.68. The van der Waals surface area contributed by atoms with Gasteiger partial charge in [-0.2, -0.15) is 0 Å². The number of benzene rings is 2. The molecule has 0 saturated carbocycles. The number of nitrogens with one attached hydrogen (secondary N) is 1. The zero-order valence-corrected chi connectivity index (χ0v) is 24.0. The van der Waals surface area contributed by atoms with Crippen molar-refractivity contribution in [2.45, 2.75) is 72.9 Å². The Kier molecular flexibility index (Phi) is 11.6. The van der Waals surface area contributed by atoms with Gasteiger partial charge in [0.15, 0.2) is 0 Å². The second-order valence-corrected chi connectivity index (χ2v) is 11.9. The highest BCUT2D eigenvalue weighted by molar-refractivity contribution is 7.92. The van der Waals surface area contributed by atoms with E-state index in [1.165, 1.54) is 10.6 Å². The molecule has 0 radical (unpaired) electrons. The van der Waals surface area contributed by atoms with Crippen LogP contribution in [0.15, 0.2) is 48.5 Å². The SMILES string of the molecule is CCc1ccc(N(CCCC(=O)N(Cc2ccccc2C)[C@H](CC)C(=O)NCC(C)C)S(C)(=O)=O)cc1. The largest absolute Gasteiger partial charge is 0.354 e. The minimum absolute atomic E-state index is 0.138. The van der Waals surface area contributed by atoms with E-state index in [-0.39, 0.29) is 24.8 Å². The van der Waals surface area contributed by atoms with Crippen molar-refractivity contribution in [2.24, 2.45) is 5.92 Å². The van der Waals surface area contributed by atoms with Crippen LogP contribution >= 0.6 is 0 Å². The van der Waals surface area contributed by atoms with Gasteiger partial charge in [-0.1, -0.05) is 64.1 Å². The summed E-state index contributed by atoms with van der Waals surface area (Å²) in [6.45, 7) is 11.1. The van der Waals surface area contributed by atoms with E-state index < -0.39 is 16.1 Å². The molecule has 0 aliphatic rings. The molecule has 0 saturated heterocycles. The molecule has 2 aromatic rings. The Morgan fingerprint density at radius 3 is 2.19 bits per heavy atom. The molecule has 0 bridgehead atoms. The van der Waals surface area contributed by atoms with E-state index in [1.807, 2.05) is 71.0 Å². The van der Waals surface area contributed by atoms with Gasteiger partial charge in [0.25, 0.3) is 0 Å². The summed E-state index contributed by atoms with van der Waals surface area (Å²) in [5, 5.41) is 2.97. The second kappa shape index (κ2) is 14.2. The Morgan fingerprint density at radius 1 is 1.00 bits per heavy atom. The predicted molar refractivity (Wildman–Crippen MR) is 151 cm³/mol. The number of hydrogen-bond acceptors (Lipinski definition) is 4. The Morgan fingerprint density at radius 2 is 1.65 bits per heavy atom. The molecule has 0 aliphatic heterocycles. The van der Waals surface area contributed by atoms with Crippen molar-refractivity contribution in [3.05, 3.63) is 65.2 Å². The van der Waals surface area contributed by atoms with Crippen molar-refractivity contribution in [2.75, 3.05) is 23.7 Å². The van der Waals surface area contributed by atoms with Crippen LogP contribution in [0.25, 0.3) is 0 Å². The van der Waals surface area contributed by atoms with E-state index in [2.05, 4.69) is 5.32 Å². The van der Waals surface area contributed by atoms with Gasteiger partial charge in [0.1, 0.15) is 6.04 Å². The highest BCUT2D eigenvalue weighted by atomic mass is 32.2. The maximum atomic E-state index is 13.5. The molecule has 0 fully saturated rings. The Hall–Kier alpha value is -2.87. The molecule has 37 heavy (non-hydrogen) atoms. The van der Waals surface area contributed by atoms with E-state index >= 15 is 0 Å². The first kappa shape index (κ1) is 30.4. The Balaban J connectivity index is 2.21. The molecule has 1 atom stereocenters. The van der Waals surface area contributed by atoms with E-state index in [4.69, 9.17) is 0 Å². The Bertz CT molecular complexity index is 1130. The van der Waals surface area contributed by atoms with Crippen LogP contribution in [0.1, 0.15) is 63.6 Å². The van der Waals surface area contributed by atoms with Crippen LogP contribution in [0.5, 0.6) is 0 Å². The lowest BCUT2D eigenvalue weighted by atomic mass is 10.0. The summed E-state index contributed by atoms with van der Waals surface area (Å²) >= 11 is 0. The van der Waals surface area contributed by atoms with Gasteiger partial charge in [0.2, 0.25) is 21.8 Å². The van der Waals surface area contributed by atoms with Crippen LogP contribution in [-0.2, 0) is 32.6 Å². The normalized spacial score (nSPS) is 12.3. The van der Waals surface area contributed by atoms with Gasteiger partial charge < -0.3 is 10.2 Å². The molecule has 7 nitrogen and oxygen atoms in total. The molecule has 8 heteroatoms. The molecule has 0 unspecified atom stereocenters. The van der Waals surface area contributed by atoms with E-state index in [0.29, 0.717) is 37.5 Å². The van der Waals surface area contributed by atoms with Crippen molar-refractivity contribution in [3.63, 3.8) is 0 Å². The van der Waals surface area contributed by atoms with Gasteiger partial charge in [-0.3, -0.25) is 13.9 Å². The summed E-state index contributed by atoms with van der Waals surface area (Å²) in [4.78, 5) is 28.2. The standard InChI is InChI=1S/C29H43N3O4S/c1-7-24-15-17-26(18-16-24)32(37(6,35)36)19-11-14-28(33)31(21-25-13-10-9-12-23(25)5)27(8-2)29(34)30-20-22(3)4/h9-10,12-13,15-18,22,27H,7-8,11,14,19-21H2,1-6H3,(H,30,34)/t27-/m1/s1. The molecule has 0 heterocycles. The van der Waals surface area contributed by atoms with Gasteiger partial charge in [-0.25, -0.2) is 8.42 Å². The summed E-state index contributed by atoms with van der Waals surface area (Å²) in [5.41, 5.74) is 3.75. The number of amides is 2. The number of rotatable bonds is 14. The Labute approximate surface area is 223 Å². The number of nitrogens with zero attached hydrogens (tertiary/aromatic N) is 2. The summed E-state index contributed by atoms with van der Waals surface area (Å²) in [6.07, 6.45) is 3.02. The first-order valence-corrected chi connectivity index (χ1v) is 15.0. The number of aryl methyl sites for hydroxylation is 2. The maximum absolute atomic E-state index is 13.5. The van der Waals surface area contributed by atoms with Crippen LogP contribution in [0.4, 0.5) is 5.69 Å². The fraction of sp³-hybridized carbons (Fsp3) is 0.517. The number of anilines is 1. The van der Waals surface area contributed by atoms with Gasteiger partial charge in [-0.05, 0) is 60.9 Å². The van der Waals surface area contributed by atoms with Crippen LogP contribution in [-0.4, -0.2) is 50.5 Å². The van der Waals surface area contributed by atoms with E-state index in [1.54, 1.807) is 17.0 Å². The molecule has 0 spiro atoms. The van der Waals surface area contributed by atoms with Gasteiger partial charge in [-0.15, -0.1) is 0 Å². The first-order valence-electron chi connectivity index (χ1n) is 13.2. The smallest absolute Gasteiger partial charge is 0.242 e.